The first-order valence-electron chi connectivity index (χ1n) is 7.99. The zero-order valence-corrected chi connectivity index (χ0v) is 14.1. The predicted molar refractivity (Wildman–Crippen MR) is 93.4 cm³/mol. The van der Waals surface area contributed by atoms with Gasteiger partial charge in [0.2, 0.25) is 0 Å². The molecule has 0 saturated heterocycles. The van der Waals surface area contributed by atoms with E-state index < -0.39 is 0 Å². The van der Waals surface area contributed by atoms with Gasteiger partial charge in [0.25, 0.3) is 5.91 Å². The number of aromatic nitrogens is 4. The Kier molecular flexibility index (Phi) is 5.19. The molecular weight excluding hydrogens is 332 g/mol. The highest BCUT2D eigenvalue weighted by Gasteiger charge is 2.09. The van der Waals surface area contributed by atoms with Gasteiger partial charge in [0, 0.05) is 17.8 Å². The van der Waals surface area contributed by atoms with Gasteiger partial charge in [-0.2, -0.15) is 5.26 Å². The number of nitrogens with zero attached hydrogens (tertiary/aromatic N) is 5. The Labute approximate surface area is 150 Å². The molecule has 0 aliphatic carbocycles. The number of hydrogen-bond acceptors (Lipinski definition) is 6. The van der Waals surface area contributed by atoms with E-state index in [-0.39, 0.29) is 12.5 Å². The van der Waals surface area contributed by atoms with Crippen LogP contribution in [0.2, 0.25) is 0 Å². The molecule has 26 heavy (non-hydrogen) atoms. The normalized spacial score (nSPS) is 10.2. The van der Waals surface area contributed by atoms with Crippen LogP contribution in [0.15, 0.2) is 48.5 Å². The molecule has 3 rings (SSSR count). The first kappa shape index (κ1) is 17.1. The molecule has 0 unspecified atom stereocenters. The monoisotopic (exact) mass is 348 g/mol. The Morgan fingerprint density at radius 2 is 2.08 bits per heavy atom. The highest BCUT2D eigenvalue weighted by Crippen LogP contribution is 2.17. The van der Waals surface area contributed by atoms with Crippen LogP contribution < -0.4 is 10.1 Å². The molecular formula is C18H16N6O2. The van der Waals surface area contributed by atoms with Gasteiger partial charge >= 0.3 is 0 Å². The number of amides is 1. The summed E-state index contributed by atoms with van der Waals surface area (Å²) in [5.74, 6) is 0.890. The molecule has 8 nitrogen and oxygen atoms in total. The number of tetrazole rings is 1. The van der Waals surface area contributed by atoms with Crippen LogP contribution in [0, 0.1) is 11.3 Å². The van der Waals surface area contributed by atoms with Crippen LogP contribution in [0.25, 0.3) is 0 Å². The summed E-state index contributed by atoms with van der Waals surface area (Å²) in [7, 11) is 0. The van der Waals surface area contributed by atoms with Crippen molar-refractivity contribution in [3.05, 3.63) is 65.5 Å². The lowest BCUT2D eigenvalue weighted by Crippen LogP contribution is -2.12. The SMILES string of the molecule is CCn1nnnc1COc1cccc(C(=O)Nc2ccc(C#N)cc2)c1. The topological polar surface area (TPSA) is 106 Å². The van der Waals surface area contributed by atoms with E-state index in [0.29, 0.717) is 34.9 Å². The molecule has 0 fully saturated rings. The van der Waals surface area contributed by atoms with E-state index in [9.17, 15) is 4.79 Å². The van der Waals surface area contributed by atoms with Crippen molar-refractivity contribution in [3.63, 3.8) is 0 Å². The third kappa shape index (κ3) is 4.02. The summed E-state index contributed by atoms with van der Waals surface area (Å²) >= 11 is 0. The van der Waals surface area contributed by atoms with E-state index in [1.165, 1.54) is 0 Å². The molecule has 0 saturated carbocycles. The third-order valence-electron chi connectivity index (χ3n) is 3.64. The van der Waals surface area contributed by atoms with Crippen LogP contribution in [-0.4, -0.2) is 26.1 Å². The Bertz CT molecular complexity index is 943. The second-order valence-corrected chi connectivity index (χ2v) is 5.37. The average Bonchev–Trinajstić information content (AvgIpc) is 3.15. The van der Waals surface area contributed by atoms with Crippen LogP contribution in [0.5, 0.6) is 5.75 Å². The van der Waals surface area contributed by atoms with Gasteiger partial charge in [-0.3, -0.25) is 4.79 Å². The average molecular weight is 348 g/mol. The molecule has 0 radical (unpaired) electrons. The maximum Gasteiger partial charge on any atom is 0.255 e. The fraction of sp³-hybridized carbons (Fsp3) is 0.167. The van der Waals surface area contributed by atoms with Crippen molar-refractivity contribution in [3.8, 4) is 11.8 Å². The number of hydrogen-bond donors (Lipinski definition) is 1. The predicted octanol–water partition coefficient (Wildman–Crippen LogP) is 2.40. The van der Waals surface area contributed by atoms with Crippen molar-refractivity contribution >= 4 is 11.6 Å². The molecule has 130 valence electrons. The second-order valence-electron chi connectivity index (χ2n) is 5.37. The molecule has 8 heteroatoms. The lowest BCUT2D eigenvalue weighted by Gasteiger charge is -2.09. The van der Waals surface area contributed by atoms with Crippen LogP contribution in [0.1, 0.15) is 28.7 Å². The summed E-state index contributed by atoms with van der Waals surface area (Å²) in [6.07, 6.45) is 0. The number of nitrogens with one attached hydrogen (secondary N) is 1. The Morgan fingerprint density at radius 3 is 2.81 bits per heavy atom. The summed E-state index contributed by atoms with van der Waals surface area (Å²) in [4.78, 5) is 12.4. The molecule has 1 aromatic heterocycles. The molecule has 1 heterocycles. The van der Waals surface area contributed by atoms with E-state index in [0.717, 1.165) is 0 Å². The molecule has 1 amide bonds. The van der Waals surface area contributed by atoms with Gasteiger partial charge in [-0.05, 0) is 59.8 Å². The van der Waals surface area contributed by atoms with Gasteiger partial charge in [-0.1, -0.05) is 6.07 Å². The number of aryl methyl sites for hydroxylation is 1. The molecule has 3 aromatic rings. The van der Waals surface area contributed by atoms with E-state index in [1.807, 2.05) is 13.0 Å². The summed E-state index contributed by atoms with van der Waals surface area (Å²) in [6, 6.07) is 15.5. The number of carbonyl (C=O) groups is 1. The van der Waals surface area contributed by atoms with Crippen molar-refractivity contribution in [1.82, 2.24) is 20.2 Å². The zero-order chi connectivity index (χ0) is 18.4. The lowest BCUT2D eigenvalue weighted by atomic mass is 10.2. The Balaban J connectivity index is 1.66. The quantitative estimate of drug-likeness (QED) is 0.733. The fourth-order valence-electron chi connectivity index (χ4n) is 2.28. The highest BCUT2D eigenvalue weighted by molar-refractivity contribution is 6.04. The summed E-state index contributed by atoms with van der Waals surface area (Å²) in [5.41, 5.74) is 1.61. The smallest absolute Gasteiger partial charge is 0.255 e. The first-order chi connectivity index (χ1) is 12.7. The van der Waals surface area contributed by atoms with Crippen molar-refractivity contribution in [1.29, 1.82) is 5.26 Å². The number of anilines is 1. The fourth-order valence-corrected chi connectivity index (χ4v) is 2.28. The van der Waals surface area contributed by atoms with E-state index in [1.54, 1.807) is 53.2 Å². The number of benzene rings is 2. The number of carbonyl (C=O) groups excluding carboxylic acids is 1. The van der Waals surface area contributed by atoms with Crippen LogP contribution >= 0.6 is 0 Å². The maximum atomic E-state index is 12.4. The van der Waals surface area contributed by atoms with Gasteiger partial charge < -0.3 is 10.1 Å². The molecule has 2 aromatic carbocycles. The number of ether oxygens (including phenoxy) is 1. The van der Waals surface area contributed by atoms with Crippen LogP contribution in [-0.2, 0) is 13.2 Å². The van der Waals surface area contributed by atoms with Crippen molar-refractivity contribution < 1.29 is 9.53 Å². The standard InChI is InChI=1S/C18H16N6O2/c1-2-24-17(21-22-23-24)12-26-16-5-3-4-14(10-16)18(25)20-15-8-6-13(11-19)7-9-15/h3-10H,2,12H2,1H3,(H,20,25). The highest BCUT2D eigenvalue weighted by atomic mass is 16.5. The minimum Gasteiger partial charge on any atom is -0.486 e. The molecule has 0 atom stereocenters. The summed E-state index contributed by atoms with van der Waals surface area (Å²) in [6.45, 7) is 2.80. The van der Waals surface area contributed by atoms with Gasteiger partial charge in [-0.25, -0.2) is 4.68 Å². The lowest BCUT2D eigenvalue weighted by molar-refractivity contribution is 0.102. The first-order valence-corrected chi connectivity index (χ1v) is 7.99. The van der Waals surface area contributed by atoms with Gasteiger partial charge in [0.15, 0.2) is 5.82 Å². The van der Waals surface area contributed by atoms with Crippen molar-refractivity contribution in [2.45, 2.75) is 20.1 Å². The minimum absolute atomic E-state index is 0.210. The van der Waals surface area contributed by atoms with Crippen molar-refractivity contribution in [2.24, 2.45) is 0 Å². The molecule has 0 spiro atoms. The molecule has 0 bridgehead atoms. The van der Waals surface area contributed by atoms with Gasteiger partial charge in [0.05, 0.1) is 11.6 Å². The van der Waals surface area contributed by atoms with Gasteiger partial charge in [-0.15, -0.1) is 5.10 Å². The summed E-state index contributed by atoms with van der Waals surface area (Å²) in [5, 5.41) is 22.9. The minimum atomic E-state index is -0.265. The summed E-state index contributed by atoms with van der Waals surface area (Å²) < 4.78 is 7.33. The van der Waals surface area contributed by atoms with E-state index in [4.69, 9.17) is 10.00 Å². The number of rotatable bonds is 6. The Morgan fingerprint density at radius 1 is 1.27 bits per heavy atom. The van der Waals surface area contributed by atoms with Crippen molar-refractivity contribution in [2.75, 3.05) is 5.32 Å². The Hall–Kier alpha value is -3.73. The number of nitriles is 1. The third-order valence-corrected chi connectivity index (χ3v) is 3.64. The molecule has 0 aliphatic heterocycles. The molecule has 1 N–H and O–H groups in total. The second kappa shape index (κ2) is 7.90. The maximum absolute atomic E-state index is 12.4. The van der Waals surface area contributed by atoms with Crippen LogP contribution in [0.3, 0.4) is 0 Å². The van der Waals surface area contributed by atoms with E-state index in [2.05, 4.69) is 20.8 Å². The molecule has 0 aliphatic rings. The van der Waals surface area contributed by atoms with Gasteiger partial charge in [0.1, 0.15) is 12.4 Å². The van der Waals surface area contributed by atoms with Crippen LogP contribution in [0.4, 0.5) is 5.69 Å². The largest absolute Gasteiger partial charge is 0.486 e. The van der Waals surface area contributed by atoms with E-state index >= 15 is 0 Å². The zero-order valence-electron chi connectivity index (χ0n) is 14.1.